The number of para-hydroxylation sites is 1. The molecule has 3 atom stereocenters. The van der Waals surface area contributed by atoms with Crippen LogP contribution in [0.3, 0.4) is 0 Å². The molecule has 17 heavy (non-hydrogen) atoms. The maximum Gasteiger partial charge on any atom is 0.0635 e. The lowest BCUT2D eigenvalue weighted by Gasteiger charge is -2.33. The maximum absolute atomic E-state index is 9.56. The maximum atomic E-state index is 9.56. The fourth-order valence-corrected chi connectivity index (χ4v) is 2.91. The molecule has 94 valence electrons. The Morgan fingerprint density at radius 2 is 2.06 bits per heavy atom. The summed E-state index contributed by atoms with van der Waals surface area (Å²) in [5.74, 6) is 1.42. The Hall–Kier alpha value is -1.02. The summed E-state index contributed by atoms with van der Waals surface area (Å²) in [5, 5.41) is 13.0. The number of rotatable bonds is 4. The number of hydrogen-bond acceptors (Lipinski definition) is 2. The van der Waals surface area contributed by atoms with E-state index in [9.17, 15) is 5.11 Å². The van der Waals surface area contributed by atoms with Gasteiger partial charge in [-0.1, -0.05) is 38.0 Å². The van der Waals surface area contributed by atoms with Crippen molar-refractivity contribution in [1.82, 2.24) is 0 Å². The normalized spacial score (nSPS) is 26.5. The van der Waals surface area contributed by atoms with Crippen molar-refractivity contribution >= 4 is 5.69 Å². The molecule has 2 N–H and O–H groups in total. The highest BCUT2D eigenvalue weighted by atomic mass is 16.3. The predicted octanol–water partition coefficient (Wildman–Crippen LogP) is 3.29. The van der Waals surface area contributed by atoms with E-state index < -0.39 is 0 Å². The molecule has 0 heterocycles. The van der Waals surface area contributed by atoms with Crippen LogP contribution in [-0.2, 0) is 0 Å². The standard InChI is InChI=1S/C15H23NO/c1-12-6-5-7-13(10-12)15(11-17)16-14-8-3-2-4-9-14/h2-4,8-9,12-13,15-17H,5-7,10-11H2,1H3. The summed E-state index contributed by atoms with van der Waals surface area (Å²) in [6.45, 7) is 2.55. The molecule has 1 saturated carbocycles. The Kier molecular flexibility index (Phi) is 4.43. The molecule has 1 aliphatic rings. The zero-order valence-corrected chi connectivity index (χ0v) is 10.6. The average molecular weight is 233 g/mol. The molecule has 1 aromatic rings. The van der Waals surface area contributed by atoms with Gasteiger partial charge in [0.05, 0.1) is 12.6 Å². The Labute approximate surface area is 104 Å². The topological polar surface area (TPSA) is 32.3 Å². The molecule has 1 fully saturated rings. The monoisotopic (exact) mass is 233 g/mol. The molecule has 2 heteroatoms. The fourth-order valence-electron chi connectivity index (χ4n) is 2.91. The summed E-state index contributed by atoms with van der Waals surface area (Å²) in [6, 6.07) is 10.4. The Morgan fingerprint density at radius 3 is 2.71 bits per heavy atom. The van der Waals surface area contributed by atoms with E-state index in [1.807, 2.05) is 18.2 Å². The summed E-state index contributed by atoms with van der Waals surface area (Å²) in [7, 11) is 0. The Morgan fingerprint density at radius 1 is 1.29 bits per heavy atom. The van der Waals surface area contributed by atoms with Gasteiger partial charge in [0.25, 0.3) is 0 Å². The number of hydrogen-bond donors (Lipinski definition) is 2. The van der Waals surface area contributed by atoms with E-state index in [1.165, 1.54) is 25.7 Å². The molecule has 0 radical (unpaired) electrons. The second-order valence-electron chi connectivity index (χ2n) is 5.33. The second kappa shape index (κ2) is 6.06. The first kappa shape index (κ1) is 12.4. The van der Waals surface area contributed by atoms with Crippen molar-refractivity contribution in [3.8, 4) is 0 Å². The highest BCUT2D eigenvalue weighted by molar-refractivity contribution is 5.43. The summed E-state index contributed by atoms with van der Waals surface area (Å²) < 4.78 is 0. The van der Waals surface area contributed by atoms with Crippen LogP contribution in [0.15, 0.2) is 30.3 Å². The van der Waals surface area contributed by atoms with Gasteiger partial charge in [-0.25, -0.2) is 0 Å². The first-order chi connectivity index (χ1) is 8.29. The molecule has 0 saturated heterocycles. The van der Waals surface area contributed by atoms with E-state index in [0.29, 0.717) is 5.92 Å². The van der Waals surface area contributed by atoms with Crippen LogP contribution in [0.2, 0.25) is 0 Å². The number of aliphatic hydroxyl groups is 1. The molecule has 1 aromatic carbocycles. The summed E-state index contributed by atoms with van der Waals surface area (Å²) >= 11 is 0. The Balaban J connectivity index is 1.96. The molecule has 0 amide bonds. The van der Waals surface area contributed by atoms with E-state index in [4.69, 9.17) is 0 Å². The van der Waals surface area contributed by atoms with Crippen molar-refractivity contribution in [2.24, 2.45) is 11.8 Å². The van der Waals surface area contributed by atoms with Crippen LogP contribution >= 0.6 is 0 Å². The third-order valence-electron chi connectivity index (χ3n) is 3.87. The van der Waals surface area contributed by atoms with Gasteiger partial charge >= 0.3 is 0 Å². The molecule has 0 aromatic heterocycles. The van der Waals surface area contributed by atoms with Crippen LogP contribution < -0.4 is 5.32 Å². The van der Waals surface area contributed by atoms with E-state index in [0.717, 1.165) is 11.6 Å². The second-order valence-corrected chi connectivity index (χ2v) is 5.33. The van der Waals surface area contributed by atoms with Gasteiger partial charge in [-0.3, -0.25) is 0 Å². The Bertz CT molecular complexity index is 325. The lowest BCUT2D eigenvalue weighted by atomic mass is 9.78. The minimum atomic E-state index is 0.208. The first-order valence-corrected chi connectivity index (χ1v) is 6.72. The van der Waals surface area contributed by atoms with E-state index in [-0.39, 0.29) is 12.6 Å². The number of benzene rings is 1. The van der Waals surface area contributed by atoms with Crippen molar-refractivity contribution in [3.05, 3.63) is 30.3 Å². The van der Waals surface area contributed by atoms with Gasteiger partial charge in [0.15, 0.2) is 0 Å². The van der Waals surface area contributed by atoms with Crippen LogP contribution in [0.1, 0.15) is 32.6 Å². The lowest BCUT2D eigenvalue weighted by molar-refractivity contribution is 0.188. The lowest BCUT2D eigenvalue weighted by Crippen LogP contribution is -2.35. The zero-order valence-electron chi connectivity index (χ0n) is 10.6. The number of nitrogens with one attached hydrogen (secondary N) is 1. The third kappa shape index (κ3) is 3.47. The summed E-state index contributed by atoms with van der Waals surface area (Å²) in [5.41, 5.74) is 1.12. The highest BCUT2D eigenvalue weighted by Gasteiger charge is 2.26. The van der Waals surface area contributed by atoms with E-state index >= 15 is 0 Å². The van der Waals surface area contributed by atoms with Crippen LogP contribution in [-0.4, -0.2) is 17.8 Å². The number of aliphatic hydroxyl groups excluding tert-OH is 1. The third-order valence-corrected chi connectivity index (χ3v) is 3.87. The minimum absolute atomic E-state index is 0.208. The van der Waals surface area contributed by atoms with Crippen molar-refractivity contribution < 1.29 is 5.11 Å². The van der Waals surface area contributed by atoms with Gasteiger partial charge in [-0.15, -0.1) is 0 Å². The van der Waals surface area contributed by atoms with Crippen molar-refractivity contribution in [2.75, 3.05) is 11.9 Å². The minimum Gasteiger partial charge on any atom is -0.394 e. The van der Waals surface area contributed by atoms with Gasteiger partial charge < -0.3 is 10.4 Å². The molecule has 2 rings (SSSR count). The molecule has 3 unspecified atom stereocenters. The van der Waals surface area contributed by atoms with E-state index in [1.54, 1.807) is 0 Å². The van der Waals surface area contributed by atoms with Crippen molar-refractivity contribution in [2.45, 2.75) is 38.6 Å². The van der Waals surface area contributed by atoms with Crippen LogP contribution in [0.5, 0.6) is 0 Å². The molecule has 0 aliphatic heterocycles. The summed E-state index contributed by atoms with van der Waals surface area (Å²) in [4.78, 5) is 0. The molecule has 0 spiro atoms. The van der Waals surface area contributed by atoms with Crippen LogP contribution in [0.4, 0.5) is 5.69 Å². The summed E-state index contributed by atoms with van der Waals surface area (Å²) in [6.07, 6.45) is 5.14. The van der Waals surface area contributed by atoms with Crippen molar-refractivity contribution in [1.29, 1.82) is 0 Å². The molecular formula is C15H23NO. The zero-order chi connectivity index (χ0) is 12.1. The van der Waals surface area contributed by atoms with Crippen molar-refractivity contribution in [3.63, 3.8) is 0 Å². The largest absolute Gasteiger partial charge is 0.394 e. The van der Waals surface area contributed by atoms with Gasteiger partial charge in [-0.05, 0) is 36.8 Å². The first-order valence-electron chi connectivity index (χ1n) is 6.72. The van der Waals surface area contributed by atoms with Crippen LogP contribution in [0.25, 0.3) is 0 Å². The van der Waals surface area contributed by atoms with Gasteiger partial charge in [0.2, 0.25) is 0 Å². The highest BCUT2D eigenvalue weighted by Crippen LogP contribution is 2.31. The van der Waals surface area contributed by atoms with Gasteiger partial charge in [0.1, 0.15) is 0 Å². The smallest absolute Gasteiger partial charge is 0.0635 e. The van der Waals surface area contributed by atoms with E-state index in [2.05, 4.69) is 24.4 Å². The molecule has 0 bridgehead atoms. The van der Waals surface area contributed by atoms with Gasteiger partial charge in [0, 0.05) is 5.69 Å². The number of anilines is 1. The molecular weight excluding hydrogens is 210 g/mol. The average Bonchev–Trinajstić information content (AvgIpc) is 2.37. The van der Waals surface area contributed by atoms with Gasteiger partial charge in [-0.2, -0.15) is 0 Å². The SMILES string of the molecule is CC1CCCC(C(CO)Nc2ccccc2)C1. The quantitative estimate of drug-likeness (QED) is 0.836. The van der Waals surface area contributed by atoms with Crippen LogP contribution in [0, 0.1) is 11.8 Å². The predicted molar refractivity (Wildman–Crippen MR) is 72.1 cm³/mol. The molecule has 2 nitrogen and oxygen atoms in total. The fraction of sp³-hybridized carbons (Fsp3) is 0.600. The molecule has 1 aliphatic carbocycles.